The van der Waals surface area contributed by atoms with Crippen molar-refractivity contribution in [3.8, 4) is 0 Å². The van der Waals surface area contributed by atoms with E-state index in [2.05, 4.69) is 0 Å². The van der Waals surface area contributed by atoms with Gasteiger partial charge in [-0.25, -0.2) is 17.2 Å². The van der Waals surface area contributed by atoms with Crippen LogP contribution in [0.5, 0.6) is 0 Å². The minimum atomic E-state index is -3.51. The summed E-state index contributed by atoms with van der Waals surface area (Å²) in [5.74, 6) is -1.22. The van der Waals surface area contributed by atoms with Gasteiger partial charge in [0.2, 0.25) is 9.05 Å². The molecule has 3 aliphatic rings. The predicted octanol–water partition coefficient (Wildman–Crippen LogP) is 2.96. The van der Waals surface area contributed by atoms with Crippen molar-refractivity contribution >= 4 is 19.7 Å². The normalized spacial score (nSPS) is 33.7. The Kier molecular flexibility index (Phi) is 2.37. The molecule has 98 valence electrons. The molecule has 6 heteroatoms. The number of rotatable bonds is 3. The molecule has 0 heterocycles. The van der Waals surface area contributed by atoms with Gasteiger partial charge in [-0.1, -0.05) is 0 Å². The van der Waals surface area contributed by atoms with E-state index in [1.165, 1.54) is 12.1 Å². The van der Waals surface area contributed by atoms with Crippen molar-refractivity contribution in [2.75, 3.05) is 5.75 Å². The first-order chi connectivity index (χ1) is 8.22. The van der Waals surface area contributed by atoms with Crippen LogP contribution >= 0.6 is 10.7 Å². The fourth-order valence-electron chi connectivity index (χ4n) is 3.68. The van der Waals surface area contributed by atoms with E-state index < -0.39 is 20.7 Å². The molecule has 1 aromatic rings. The Hall–Kier alpha value is -0.680. The molecule has 0 aliphatic heterocycles. The average molecular weight is 293 g/mol. The van der Waals surface area contributed by atoms with E-state index in [4.69, 9.17) is 10.7 Å². The van der Waals surface area contributed by atoms with Crippen LogP contribution in [0, 0.1) is 17.0 Å². The molecule has 0 aromatic heterocycles. The first-order valence-corrected chi connectivity index (χ1v) is 8.09. The van der Waals surface area contributed by atoms with E-state index in [1.807, 2.05) is 0 Å². The topological polar surface area (TPSA) is 34.1 Å². The Morgan fingerprint density at radius 1 is 1.11 bits per heavy atom. The molecule has 0 N–H and O–H groups in total. The van der Waals surface area contributed by atoms with E-state index in [-0.39, 0.29) is 16.6 Å². The van der Waals surface area contributed by atoms with Crippen LogP contribution in [0.3, 0.4) is 0 Å². The quantitative estimate of drug-likeness (QED) is 0.803. The average Bonchev–Trinajstić information content (AvgIpc) is 2.05. The van der Waals surface area contributed by atoms with Crippen molar-refractivity contribution in [1.82, 2.24) is 0 Å². The van der Waals surface area contributed by atoms with Gasteiger partial charge in [0.05, 0.1) is 5.75 Å². The smallest absolute Gasteiger partial charge is 0.212 e. The number of hydrogen-bond acceptors (Lipinski definition) is 2. The molecule has 0 spiro atoms. The zero-order chi connectivity index (χ0) is 13.2. The van der Waals surface area contributed by atoms with Crippen molar-refractivity contribution in [1.29, 1.82) is 0 Å². The first-order valence-electron chi connectivity index (χ1n) is 5.61. The molecule has 0 amide bonds. The molecular formula is C12H11ClF2O2S. The Labute approximate surface area is 108 Å². The minimum Gasteiger partial charge on any atom is -0.212 e. The third-order valence-corrected chi connectivity index (χ3v) is 5.38. The second-order valence-corrected chi connectivity index (χ2v) is 8.43. The van der Waals surface area contributed by atoms with E-state index in [0.717, 1.165) is 6.07 Å². The van der Waals surface area contributed by atoms with Crippen LogP contribution in [-0.2, 0) is 14.5 Å². The largest absolute Gasteiger partial charge is 0.233 e. The molecule has 0 radical (unpaired) electrons. The molecule has 2 nitrogen and oxygen atoms in total. The van der Waals surface area contributed by atoms with Gasteiger partial charge in [-0.3, -0.25) is 0 Å². The third kappa shape index (κ3) is 1.84. The lowest BCUT2D eigenvalue weighted by atomic mass is 9.34. The Balaban J connectivity index is 1.80. The van der Waals surface area contributed by atoms with Crippen molar-refractivity contribution in [3.63, 3.8) is 0 Å². The van der Waals surface area contributed by atoms with Gasteiger partial charge in [-0.15, -0.1) is 0 Å². The summed E-state index contributed by atoms with van der Waals surface area (Å²) < 4.78 is 48.4. The highest BCUT2D eigenvalue weighted by Gasteiger charge is 2.69. The molecule has 18 heavy (non-hydrogen) atoms. The van der Waals surface area contributed by atoms with Crippen LogP contribution in [0.25, 0.3) is 0 Å². The van der Waals surface area contributed by atoms with E-state index in [0.29, 0.717) is 24.8 Å². The molecule has 0 unspecified atom stereocenters. The fourth-order valence-corrected chi connectivity index (χ4v) is 5.42. The molecular weight excluding hydrogens is 282 g/mol. The summed E-state index contributed by atoms with van der Waals surface area (Å²) in [6.45, 7) is 0. The van der Waals surface area contributed by atoms with Crippen molar-refractivity contribution in [3.05, 3.63) is 35.4 Å². The Morgan fingerprint density at radius 2 is 1.61 bits per heavy atom. The van der Waals surface area contributed by atoms with Crippen LogP contribution in [0.4, 0.5) is 8.78 Å². The van der Waals surface area contributed by atoms with Gasteiger partial charge >= 0.3 is 0 Å². The molecule has 3 fully saturated rings. The lowest BCUT2D eigenvalue weighted by Crippen LogP contribution is -2.66. The monoisotopic (exact) mass is 292 g/mol. The highest BCUT2D eigenvalue weighted by Crippen LogP contribution is 2.74. The molecule has 4 rings (SSSR count). The van der Waals surface area contributed by atoms with Gasteiger partial charge in [0.15, 0.2) is 0 Å². The lowest BCUT2D eigenvalue weighted by molar-refractivity contribution is -0.122. The van der Waals surface area contributed by atoms with Crippen molar-refractivity contribution in [2.45, 2.75) is 24.7 Å². The summed E-state index contributed by atoms with van der Waals surface area (Å²) >= 11 is 0. The predicted molar refractivity (Wildman–Crippen MR) is 64.0 cm³/mol. The van der Waals surface area contributed by atoms with Crippen LogP contribution in [0.1, 0.15) is 24.8 Å². The summed E-state index contributed by atoms with van der Waals surface area (Å²) in [6, 6.07) is 3.51. The highest BCUT2D eigenvalue weighted by atomic mass is 35.7. The fraction of sp³-hybridized carbons (Fsp3) is 0.500. The number of hydrogen-bond donors (Lipinski definition) is 0. The van der Waals surface area contributed by atoms with Crippen LogP contribution in [-0.4, -0.2) is 14.2 Å². The SMILES string of the molecule is O=S(=O)(Cl)CC12CC(c3cc(F)cc(F)c3)(C1)C2. The van der Waals surface area contributed by atoms with Gasteiger partial charge in [0.1, 0.15) is 11.6 Å². The first kappa shape index (κ1) is 12.4. The van der Waals surface area contributed by atoms with Gasteiger partial charge < -0.3 is 0 Å². The van der Waals surface area contributed by atoms with Crippen molar-refractivity contribution < 1.29 is 17.2 Å². The number of benzene rings is 1. The van der Waals surface area contributed by atoms with E-state index >= 15 is 0 Å². The zero-order valence-electron chi connectivity index (χ0n) is 9.42. The maximum Gasteiger partial charge on any atom is 0.233 e. The van der Waals surface area contributed by atoms with Crippen LogP contribution in [0.2, 0.25) is 0 Å². The standard InChI is InChI=1S/C12H11ClF2O2S/c13-18(16,17)7-11-4-12(5-11,6-11)8-1-9(14)3-10(15)2-8/h1-3H,4-7H2. The molecule has 1 aromatic carbocycles. The molecule has 0 atom stereocenters. The molecule has 3 saturated carbocycles. The van der Waals surface area contributed by atoms with Gasteiger partial charge in [-0.2, -0.15) is 0 Å². The Bertz CT molecular complexity index is 587. The zero-order valence-corrected chi connectivity index (χ0v) is 11.0. The molecule has 0 saturated heterocycles. The third-order valence-electron chi connectivity index (χ3n) is 4.09. The summed E-state index contributed by atoms with van der Waals surface area (Å²) in [7, 11) is 1.74. The van der Waals surface area contributed by atoms with Crippen molar-refractivity contribution in [2.24, 2.45) is 5.41 Å². The maximum atomic E-state index is 13.1. The number of halogens is 3. The summed E-state index contributed by atoms with van der Waals surface area (Å²) in [6.07, 6.45) is 1.94. The highest BCUT2D eigenvalue weighted by molar-refractivity contribution is 8.13. The second-order valence-electron chi connectivity index (χ2n) is 5.65. The second kappa shape index (κ2) is 3.45. The van der Waals surface area contributed by atoms with E-state index in [9.17, 15) is 17.2 Å². The summed E-state index contributed by atoms with van der Waals surface area (Å²) in [5, 5.41) is 0. The van der Waals surface area contributed by atoms with Gasteiger partial charge in [0.25, 0.3) is 0 Å². The van der Waals surface area contributed by atoms with E-state index in [1.54, 1.807) is 0 Å². The van der Waals surface area contributed by atoms with Crippen LogP contribution in [0.15, 0.2) is 18.2 Å². The van der Waals surface area contributed by atoms with Gasteiger partial charge in [-0.05, 0) is 47.8 Å². The molecule has 3 aliphatic carbocycles. The lowest BCUT2D eigenvalue weighted by Gasteiger charge is -2.71. The minimum absolute atomic E-state index is 0.0406. The summed E-state index contributed by atoms with van der Waals surface area (Å²) in [4.78, 5) is 0. The Morgan fingerprint density at radius 3 is 2.06 bits per heavy atom. The molecule has 2 bridgehead atoms. The maximum absolute atomic E-state index is 13.1. The van der Waals surface area contributed by atoms with Crippen LogP contribution < -0.4 is 0 Å². The van der Waals surface area contributed by atoms with Gasteiger partial charge in [0, 0.05) is 16.7 Å². The summed E-state index contributed by atoms with van der Waals surface area (Å²) in [5.41, 5.74) is 0.141.